The topological polar surface area (TPSA) is 20.2 Å². The molecule has 2 heteroatoms. The van der Waals surface area contributed by atoms with Crippen LogP contribution in [0.25, 0.3) is 0 Å². The van der Waals surface area contributed by atoms with Crippen LogP contribution >= 0.6 is 11.6 Å². The number of hydrogen-bond donors (Lipinski definition) is 1. The first-order chi connectivity index (χ1) is 4.81. The maximum atomic E-state index is 8.97. The summed E-state index contributed by atoms with van der Waals surface area (Å²) in [5.74, 6) is 2.87. The van der Waals surface area contributed by atoms with Crippen LogP contribution in [0.3, 0.4) is 0 Å². The van der Waals surface area contributed by atoms with Crippen LogP contribution in [0.4, 0.5) is 0 Å². The van der Waals surface area contributed by atoms with E-state index in [4.69, 9.17) is 23.1 Å². The fourth-order valence-electron chi connectivity index (χ4n) is 0.684. The summed E-state index contributed by atoms with van der Waals surface area (Å²) in [4.78, 5) is 0. The number of hydrogen-bond acceptors (Lipinski definition) is 1. The zero-order valence-electron chi connectivity index (χ0n) is 6.02. The summed E-state index contributed by atoms with van der Waals surface area (Å²) in [5, 5.41) is 8.97. The Bertz CT molecular complexity index is 106. The van der Waals surface area contributed by atoms with E-state index in [9.17, 15) is 0 Å². The van der Waals surface area contributed by atoms with E-state index < -0.39 is 0 Å². The lowest BCUT2D eigenvalue weighted by atomic mass is 10.1. The highest BCUT2D eigenvalue weighted by atomic mass is 35.5. The fraction of sp³-hybridized carbons (Fsp3) is 0.750. The van der Waals surface area contributed by atoms with Crippen molar-refractivity contribution in [2.24, 2.45) is 0 Å². The monoisotopic (exact) mass is 160 g/mol. The molecule has 0 rings (SSSR count). The highest BCUT2D eigenvalue weighted by Gasteiger charge is 1.99. The standard InChI is InChI=1S/C8H13ClO/c1-2-3-4-5-6-8(10)7-9/h1,8,10H,3-7H2. The Balaban J connectivity index is 2.98. The molecule has 0 radical (unpaired) electrons. The maximum absolute atomic E-state index is 8.97. The van der Waals surface area contributed by atoms with Crippen LogP contribution in [0, 0.1) is 12.3 Å². The van der Waals surface area contributed by atoms with E-state index in [0.717, 1.165) is 25.7 Å². The Kier molecular flexibility index (Phi) is 6.79. The van der Waals surface area contributed by atoms with Crippen LogP contribution in [0.2, 0.25) is 0 Å². The van der Waals surface area contributed by atoms with Gasteiger partial charge in [-0.3, -0.25) is 0 Å². The smallest absolute Gasteiger partial charge is 0.0675 e. The van der Waals surface area contributed by atoms with Crippen LogP contribution in [-0.2, 0) is 0 Å². The number of alkyl halides is 1. The van der Waals surface area contributed by atoms with Crippen LogP contribution in [-0.4, -0.2) is 17.1 Å². The van der Waals surface area contributed by atoms with Crippen molar-refractivity contribution in [2.45, 2.75) is 31.8 Å². The van der Waals surface area contributed by atoms with Crippen LogP contribution in [0.1, 0.15) is 25.7 Å². The summed E-state index contributed by atoms with van der Waals surface area (Å²) in [7, 11) is 0. The molecule has 1 nitrogen and oxygen atoms in total. The van der Waals surface area contributed by atoms with E-state index in [1.54, 1.807) is 0 Å². The van der Waals surface area contributed by atoms with E-state index in [-0.39, 0.29) is 6.10 Å². The van der Waals surface area contributed by atoms with Crippen molar-refractivity contribution in [1.29, 1.82) is 0 Å². The number of rotatable bonds is 5. The zero-order valence-corrected chi connectivity index (χ0v) is 6.77. The third kappa shape index (κ3) is 5.94. The number of aliphatic hydroxyl groups is 1. The summed E-state index contributed by atoms with van der Waals surface area (Å²) < 4.78 is 0. The molecule has 0 amide bonds. The minimum Gasteiger partial charge on any atom is -0.392 e. The van der Waals surface area contributed by atoms with Crippen LogP contribution < -0.4 is 0 Å². The summed E-state index contributed by atoms with van der Waals surface area (Å²) in [6.07, 6.45) is 8.22. The van der Waals surface area contributed by atoms with Gasteiger partial charge in [0.25, 0.3) is 0 Å². The lowest BCUT2D eigenvalue weighted by Crippen LogP contribution is -2.07. The van der Waals surface area contributed by atoms with Gasteiger partial charge in [0.2, 0.25) is 0 Å². The Hall–Kier alpha value is -0.190. The molecule has 0 aromatic heterocycles. The van der Waals surface area contributed by atoms with Crippen molar-refractivity contribution in [3.63, 3.8) is 0 Å². The molecule has 1 N–H and O–H groups in total. The van der Waals surface area contributed by atoms with Crippen molar-refractivity contribution in [3.8, 4) is 12.3 Å². The van der Waals surface area contributed by atoms with Crippen LogP contribution in [0.5, 0.6) is 0 Å². The van der Waals surface area contributed by atoms with Gasteiger partial charge in [-0.2, -0.15) is 0 Å². The van der Waals surface area contributed by atoms with Crippen molar-refractivity contribution in [3.05, 3.63) is 0 Å². The predicted octanol–water partition coefficient (Wildman–Crippen LogP) is 1.78. The second-order valence-electron chi connectivity index (χ2n) is 2.26. The normalized spacial score (nSPS) is 12.5. The van der Waals surface area contributed by atoms with E-state index in [0.29, 0.717) is 5.88 Å². The first-order valence-electron chi connectivity index (χ1n) is 3.48. The Labute approximate surface area is 67.4 Å². The van der Waals surface area contributed by atoms with E-state index in [1.165, 1.54) is 0 Å². The quantitative estimate of drug-likeness (QED) is 0.369. The molecule has 1 unspecified atom stereocenters. The van der Waals surface area contributed by atoms with Crippen molar-refractivity contribution in [2.75, 3.05) is 5.88 Å². The van der Waals surface area contributed by atoms with Gasteiger partial charge in [-0.25, -0.2) is 0 Å². The second-order valence-corrected chi connectivity index (χ2v) is 2.57. The third-order valence-corrected chi connectivity index (χ3v) is 1.64. The summed E-state index contributed by atoms with van der Waals surface area (Å²) in [5.41, 5.74) is 0. The van der Waals surface area contributed by atoms with Crippen molar-refractivity contribution in [1.82, 2.24) is 0 Å². The van der Waals surface area contributed by atoms with Gasteiger partial charge in [0.05, 0.1) is 6.10 Å². The molecule has 0 saturated heterocycles. The molecule has 0 saturated carbocycles. The molecule has 1 atom stereocenters. The molecule has 0 aromatic carbocycles. The largest absolute Gasteiger partial charge is 0.392 e. The van der Waals surface area contributed by atoms with Crippen molar-refractivity contribution < 1.29 is 5.11 Å². The number of unbranched alkanes of at least 4 members (excludes halogenated alkanes) is 2. The maximum Gasteiger partial charge on any atom is 0.0675 e. The second kappa shape index (κ2) is 6.92. The van der Waals surface area contributed by atoms with E-state index in [1.807, 2.05) is 0 Å². The summed E-state index contributed by atoms with van der Waals surface area (Å²) in [6, 6.07) is 0. The van der Waals surface area contributed by atoms with E-state index in [2.05, 4.69) is 5.92 Å². The molecule has 0 aliphatic heterocycles. The third-order valence-electron chi connectivity index (χ3n) is 1.29. The molecule has 0 aliphatic rings. The molecule has 10 heavy (non-hydrogen) atoms. The van der Waals surface area contributed by atoms with Gasteiger partial charge < -0.3 is 5.11 Å². The first kappa shape index (κ1) is 9.81. The van der Waals surface area contributed by atoms with Crippen LogP contribution in [0.15, 0.2) is 0 Å². The highest BCUT2D eigenvalue weighted by molar-refractivity contribution is 6.18. The van der Waals surface area contributed by atoms with Gasteiger partial charge in [0, 0.05) is 12.3 Å². The van der Waals surface area contributed by atoms with Gasteiger partial charge in [0.15, 0.2) is 0 Å². The molecule has 0 heterocycles. The molecule has 0 aliphatic carbocycles. The van der Waals surface area contributed by atoms with Gasteiger partial charge >= 0.3 is 0 Å². The summed E-state index contributed by atoms with van der Waals surface area (Å²) >= 11 is 5.37. The van der Waals surface area contributed by atoms with Gasteiger partial charge in [-0.1, -0.05) is 0 Å². The SMILES string of the molecule is C#CCCCCC(O)CCl. The lowest BCUT2D eigenvalue weighted by molar-refractivity contribution is 0.184. The lowest BCUT2D eigenvalue weighted by Gasteiger charge is -2.03. The number of halogens is 1. The first-order valence-corrected chi connectivity index (χ1v) is 4.02. The molecular formula is C8H13ClO. The average Bonchev–Trinajstić information content (AvgIpc) is 1.98. The average molecular weight is 161 g/mol. The fourth-order valence-corrected chi connectivity index (χ4v) is 0.838. The molecule has 58 valence electrons. The zero-order chi connectivity index (χ0) is 7.82. The minimum absolute atomic E-state index is 0.329. The molecule has 0 fully saturated rings. The molecule has 0 spiro atoms. The Morgan fingerprint density at radius 3 is 2.70 bits per heavy atom. The van der Waals surface area contributed by atoms with Crippen molar-refractivity contribution >= 4 is 11.6 Å². The minimum atomic E-state index is -0.348. The Morgan fingerprint density at radius 2 is 2.20 bits per heavy atom. The summed E-state index contributed by atoms with van der Waals surface area (Å²) in [6.45, 7) is 0. The number of aliphatic hydroxyl groups excluding tert-OH is 1. The predicted molar refractivity (Wildman–Crippen MR) is 44.0 cm³/mol. The van der Waals surface area contributed by atoms with Gasteiger partial charge in [-0.15, -0.1) is 23.9 Å². The number of terminal acetylenes is 1. The highest BCUT2D eigenvalue weighted by Crippen LogP contribution is 2.03. The molecule has 0 aromatic rings. The molecular weight excluding hydrogens is 148 g/mol. The van der Waals surface area contributed by atoms with Gasteiger partial charge in [-0.05, 0) is 19.3 Å². The van der Waals surface area contributed by atoms with E-state index >= 15 is 0 Å². The van der Waals surface area contributed by atoms with Gasteiger partial charge in [0.1, 0.15) is 0 Å². The molecule has 0 bridgehead atoms. The Morgan fingerprint density at radius 1 is 1.50 bits per heavy atom.